The van der Waals surface area contributed by atoms with Gasteiger partial charge in [0.25, 0.3) is 0 Å². The molecule has 0 unspecified atom stereocenters. The number of nitrogens with zero attached hydrogens (tertiary/aromatic N) is 2. The summed E-state index contributed by atoms with van der Waals surface area (Å²) in [5.74, 6) is 0.934. The second kappa shape index (κ2) is 7.94. The van der Waals surface area contributed by atoms with Crippen molar-refractivity contribution < 1.29 is 4.74 Å². The van der Waals surface area contributed by atoms with Crippen LogP contribution in [-0.4, -0.2) is 17.8 Å². The molecule has 0 aliphatic heterocycles. The van der Waals surface area contributed by atoms with Crippen molar-refractivity contribution in [1.29, 1.82) is 0 Å². The van der Waals surface area contributed by atoms with E-state index in [2.05, 4.69) is 48.4 Å². The lowest BCUT2D eigenvalue weighted by Crippen LogP contribution is -2.00. The van der Waals surface area contributed by atoms with Crippen LogP contribution >= 0.6 is 11.3 Å². The van der Waals surface area contributed by atoms with Crippen molar-refractivity contribution in [3.63, 3.8) is 0 Å². The van der Waals surface area contributed by atoms with Crippen molar-refractivity contribution in [3.05, 3.63) is 39.9 Å². The van der Waals surface area contributed by atoms with E-state index in [1.165, 1.54) is 0 Å². The van der Waals surface area contributed by atoms with E-state index in [-0.39, 0.29) is 0 Å². The van der Waals surface area contributed by atoms with Gasteiger partial charge in [-0.2, -0.15) is 5.10 Å². The number of nitrogens with one attached hydrogen (secondary N) is 1. The molecular weight excluding hydrogens is 294 g/mol. The molecule has 118 valence electrons. The van der Waals surface area contributed by atoms with Gasteiger partial charge >= 0.3 is 0 Å². The molecule has 1 aromatic heterocycles. The highest BCUT2D eigenvalue weighted by Gasteiger charge is 2.04. The van der Waals surface area contributed by atoms with Crippen LogP contribution in [0.3, 0.4) is 0 Å². The average Bonchev–Trinajstić information content (AvgIpc) is 2.88. The number of hydrogen-bond acceptors (Lipinski definition) is 5. The Morgan fingerprint density at radius 2 is 2.00 bits per heavy atom. The molecule has 22 heavy (non-hydrogen) atoms. The highest BCUT2D eigenvalue weighted by atomic mass is 32.1. The fourth-order valence-corrected chi connectivity index (χ4v) is 2.75. The van der Waals surface area contributed by atoms with Gasteiger partial charge in [0.15, 0.2) is 0 Å². The first-order chi connectivity index (χ1) is 10.6. The van der Waals surface area contributed by atoms with Gasteiger partial charge in [-0.3, -0.25) is 5.43 Å². The van der Waals surface area contributed by atoms with Gasteiger partial charge in [0.1, 0.15) is 5.75 Å². The summed E-state index contributed by atoms with van der Waals surface area (Å²) in [7, 11) is 0. The van der Waals surface area contributed by atoms with E-state index in [9.17, 15) is 0 Å². The predicted molar refractivity (Wildman–Crippen MR) is 94.4 cm³/mol. The molecule has 0 aliphatic rings. The highest BCUT2D eigenvalue weighted by Crippen LogP contribution is 2.21. The minimum Gasteiger partial charge on any atom is -0.494 e. The Kier molecular flexibility index (Phi) is 5.95. The molecular formula is C17H23N3OS. The van der Waals surface area contributed by atoms with Crippen molar-refractivity contribution in [2.75, 3.05) is 12.0 Å². The van der Waals surface area contributed by atoms with Crippen LogP contribution in [-0.2, 0) is 0 Å². The summed E-state index contributed by atoms with van der Waals surface area (Å²) in [6.07, 6.45) is 4.07. The normalized spacial score (nSPS) is 11.1. The first kappa shape index (κ1) is 16.5. The maximum atomic E-state index is 5.77. The van der Waals surface area contributed by atoms with Crippen LogP contribution in [0.25, 0.3) is 0 Å². The van der Waals surface area contributed by atoms with E-state index in [1.807, 2.05) is 18.5 Å². The lowest BCUT2D eigenvalue weighted by molar-refractivity contribution is 0.309. The Morgan fingerprint density at radius 3 is 2.59 bits per heavy atom. The Bertz CT molecular complexity index is 626. The maximum absolute atomic E-state index is 5.77. The topological polar surface area (TPSA) is 46.5 Å². The number of rotatable bonds is 7. The number of aromatic nitrogens is 1. The quantitative estimate of drug-likeness (QED) is 0.457. The van der Waals surface area contributed by atoms with Crippen LogP contribution in [0, 0.1) is 20.8 Å². The monoisotopic (exact) mass is 317 g/mol. The summed E-state index contributed by atoms with van der Waals surface area (Å²) in [4.78, 5) is 4.32. The zero-order valence-corrected chi connectivity index (χ0v) is 14.5. The number of hydrogen-bond donors (Lipinski definition) is 1. The second-order valence-electron chi connectivity index (χ2n) is 5.34. The molecule has 1 heterocycles. The molecule has 1 aromatic carbocycles. The number of thiazole rings is 1. The third-order valence-electron chi connectivity index (χ3n) is 3.31. The summed E-state index contributed by atoms with van der Waals surface area (Å²) in [5.41, 5.74) is 7.41. The molecule has 0 spiro atoms. The van der Waals surface area contributed by atoms with Crippen LogP contribution in [0.15, 0.2) is 22.6 Å². The molecule has 2 aromatic rings. The van der Waals surface area contributed by atoms with Crippen LogP contribution < -0.4 is 10.2 Å². The number of hydrazone groups is 1. The van der Waals surface area contributed by atoms with E-state index < -0.39 is 0 Å². The van der Waals surface area contributed by atoms with Gasteiger partial charge in [0.2, 0.25) is 5.13 Å². The summed E-state index contributed by atoms with van der Waals surface area (Å²) in [5, 5.41) is 7.09. The number of aryl methyl sites for hydroxylation is 3. The summed E-state index contributed by atoms with van der Waals surface area (Å²) in [6, 6.07) is 4.13. The van der Waals surface area contributed by atoms with Crippen molar-refractivity contribution in [2.45, 2.75) is 40.5 Å². The average molecular weight is 317 g/mol. The van der Waals surface area contributed by atoms with Gasteiger partial charge in [0, 0.05) is 10.9 Å². The largest absolute Gasteiger partial charge is 0.494 e. The van der Waals surface area contributed by atoms with Crippen molar-refractivity contribution >= 4 is 22.7 Å². The Hall–Kier alpha value is -1.88. The molecule has 5 heteroatoms. The molecule has 2 rings (SSSR count). The number of anilines is 1. The Morgan fingerprint density at radius 1 is 1.27 bits per heavy atom. The van der Waals surface area contributed by atoms with E-state index in [0.717, 1.165) is 52.7 Å². The number of benzene rings is 1. The standard InChI is InChI=1S/C17H23N3OS/c1-5-6-7-21-15-8-12(2)16(13(3)9-15)10-18-20-17-19-14(4)11-22-17/h8-11H,5-7H2,1-4H3,(H,19,20). The zero-order valence-electron chi connectivity index (χ0n) is 13.6. The fraction of sp³-hybridized carbons (Fsp3) is 0.412. The molecule has 0 saturated carbocycles. The van der Waals surface area contributed by atoms with Gasteiger partial charge in [-0.25, -0.2) is 4.98 Å². The third kappa shape index (κ3) is 4.56. The predicted octanol–water partition coefficient (Wildman–Crippen LogP) is 4.69. The molecule has 4 nitrogen and oxygen atoms in total. The molecule has 0 saturated heterocycles. The highest BCUT2D eigenvalue weighted by molar-refractivity contribution is 7.13. The smallest absolute Gasteiger partial charge is 0.203 e. The summed E-state index contributed by atoms with van der Waals surface area (Å²) >= 11 is 1.55. The minimum atomic E-state index is 0.772. The zero-order chi connectivity index (χ0) is 15.9. The first-order valence-electron chi connectivity index (χ1n) is 7.55. The Balaban J connectivity index is 2.04. The SMILES string of the molecule is CCCCOc1cc(C)c(C=NNc2nc(C)cs2)c(C)c1. The van der Waals surface area contributed by atoms with Crippen LogP contribution in [0.4, 0.5) is 5.13 Å². The van der Waals surface area contributed by atoms with Gasteiger partial charge in [0.05, 0.1) is 18.5 Å². The van der Waals surface area contributed by atoms with Crippen LogP contribution in [0.2, 0.25) is 0 Å². The molecule has 0 fully saturated rings. The Labute approximate surface area is 136 Å². The number of unbranched alkanes of at least 4 members (excludes halogenated alkanes) is 1. The summed E-state index contributed by atoms with van der Waals surface area (Å²) in [6.45, 7) is 9.06. The van der Waals surface area contributed by atoms with Crippen molar-refractivity contribution in [1.82, 2.24) is 4.98 Å². The van der Waals surface area contributed by atoms with Crippen molar-refractivity contribution in [3.8, 4) is 5.75 Å². The van der Waals surface area contributed by atoms with E-state index >= 15 is 0 Å². The second-order valence-corrected chi connectivity index (χ2v) is 6.19. The van der Waals surface area contributed by atoms with Crippen molar-refractivity contribution in [2.24, 2.45) is 5.10 Å². The van der Waals surface area contributed by atoms with Gasteiger partial charge in [-0.1, -0.05) is 13.3 Å². The third-order valence-corrected chi connectivity index (χ3v) is 4.17. The van der Waals surface area contributed by atoms with Gasteiger partial charge in [-0.05, 0) is 50.5 Å². The molecule has 0 atom stereocenters. The molecule has 1 N–H and O–H groups in total. The fourth-order valence-electron chi connectivity index (χ4n) is 2.11. The molecule has 0 radical (unpaired) electrons. The molecule has 0 bridgehead atoms. The molecule has 0 amide bonds. The van der Waals surface area contributed by atoms with Crippen LogP contribution in [0.1, 0.15) is 42.1 Å². The molecule has 0 aliphatic carbocycles. The lowest BCUT2D eigenvalue weighted by Gasteiger charge is -2.10. The van der Waals surface area contributed by atoms with Gasteiger partial charge in [-0.15, -0.1) is 11.3 Å². The van der Waals surface area contributed by atoms with E-state index in [0.29, 0.717) is 0 Å². The lowest BCUT2D eigenvalue weighted by atomic mass is 10.0. The first-order valence-corrected chi connectivity index (χ1v) is 8.43. The van der Waals surface area contributed by atoms with Gasteiger partial charge < -0.3 is 4.74 Å². The van der Waals surface area contributed by atoms with Crippen LogP contribution in [0.5, 0.6) is 5.75 Å². The number of ether oxygens (including phenoxy) is 1. The van der Waals surface area contributed by atoms with E-state index in [4.69, 9.17) is 4.74 Å². The van der Waals surface area contributed by atoms with E-state index in [1.54, 1.807) is 11.3 Å². The summed E-state index contributed by atoms with van der Waals surface area (Å²) < 4.78 is 5.77. The minimum absolute atomic E-state index is 0.772. The maximum Gasteiger partial charge on any atom is 0.203 e.